The molecule has 1 aliphatic rings. The normalized spacial score (nSPS) is 17.6. The summed E-state index contributed by atoms with van der Waals surface area (Å²) in [7, 11) is 2.05. The van der Waals surface area contributed by atoms with E-state index in [1.54, 1.807) is 11.3 Å². The van der Waals surface area contributed by atoms with Crippen LogP contribution in [0.2, 0.25) is 0 Å². The summed E-state index contributed by atoms with van der Waals surface area (Å²) in [5.41, 5.74) is 2.64. The zero-order valence-electron chi connectivity index (χ0n) is 12.1. The van der Waals surface area contributed by atoms with Crippen molar-refractivity contribution in [3.05, 3.63) is 40.3 Å². The van der Waals surface area contributed by atoms with Crippen LogP contribution in [0.15, 0.2) is 29.1 Å². The minimum absolute atomic E-state index is 0.469. The lowest BCUT2D eigenvalue weighted by Gasteiger charge is -2.14. The van der Waals surface area contributed by atoms with Crippen LogP contribution in [0.25, 0.3) is 0 Å². The lowest BCUT2D eigenvalue weighted by Crippen LogP contribution is -2.30. The van der Waals surface area contributed by atoms with Crippen molar-refractivity contribution in [2.75, 3.05) is 7.05 Å². The van der Waals surface area contributed by atoms with Gasteiger partial charge in [-0.2, -0.15) is 16.4 Å². The third kappa shape index (κ3) is 3.30. The third-order valence-corrected chi connectivity index (χ3v) is 5.02. The maximum absolute atomic E-state index is 4.79. The van der Waals surface area contributed by atoms with Gasteiger partial charge in [0.25, 0.3) is 0 Å². The summed E-state index contributed by atoms with van der Waals surface area (Å²) in [5.74, 6) is 0. The van der Waals surface area contributed by atoms with Crippen molar-refractivity contribution in [2.45, 2.75) is 50.6 Å². The molecular formula is C16H23N3S. The molecular weight excluding hydrogens is 266 g/mol. The molecule has 0 spiro atoms. The predicted octanol–water partition coefficient (Wildman–Crippen LogP) is 3.43. The fraction of sp³-hybridized carbons (Fsp3) is 0.562. The first-order valence-electron chi connectivity index (χ1n) is 7.57. The van der Waals surface area contributed by atoms with Crippen LogP contribution in [-0.4, -0.2) is 22.9 Å². The molecule has 0 saturated heterocycles. The molecule has 1 saturated carbocycles. The lowest BCUT2D eigenvalue weighted by atomic mass is 10.0. The van der Waals surface area contributed by atoms with Gasteiger partial charge in [-0.3, -0.25) is 4.68 Å². The first kappa shape index (κ1) is 13.8. The van der Waals surface area contributed by atoms with Gasteiger partial charge >= 0.3 is 0 Å². The van der Waals surface area contributed by atoms with E-state index in [0.29, 0.717) is 12.1 Å². The number of nitrogens with one attached hydrogen (secondary N) is 1. The highest BCUT2D eigenvalue weighted by Crippen LogP contribution is 2.28. The molecule has 1 N–H and O–H groups in total. The summed E-state index contributed by atoms with van der Waals surface area (Å²) in [4.78, 5) is 0. The van der Waals surface area contributed by atoms with E-state index in [0.717, 1.165) is 12.8 Å². The Morgan fingerprint density at radius 2 is 2.20 bits per heavy atom. The molecule has 2 heterocycles. The molecule has 20 heavy (non-hydrogen) atoms. The Morgan fingerprint density at radius 3 is 2.90 bits per heavy atom. The molecule has 0 bridgehead atoms. The molecule has 1 fully saturated rings. The van der Waals surface area contributed by atoms with Gasteiger partial charge < -0.3 is 5.32 Å². The van der Waals surface area contributed by atoms with E-state index >= 15 is 0 Å². The molecule has 1 aliphatic carbocycles. The zero-order chi connectivity index (χ0) is 13.8. The second kappa shape index (κ2) is 6.55. The van der Waals surface area contributed by atoms with Gasteiger partial charge in [0.15, 0.2) is 0 Å². The fourth-order valence-electron chi connectivity index (χ4n) is 3.08. The van der Waals surface area contributed by atoms with Crippen LogP contribution < -0.4 is 5.32 Å². The van der Waals surface area contributed by atoms with E-state index in [4.69, 9.17) is 5.10 Å². The van der Waals surface area contributed by atoms with Gasteiger partial charge in [0, 0.05) is 18.7 Å². The average Bonchev–Trinajstić information content (AvgIpc) is 3.20. The summed E-state index contributed by atoms with van der Waals surface area (Å²) in [6, 6.07) is 5.52. The Bertz CT molecular complexity index is 512. The number of thiophene rings is 1. The van der Waals surface area contributed by atoms with Crippen molar-refractivity contribution in [1.82, 2.24) is 15.1 Å². The molecule has 0 aromatic carbocycles. The van der Waals surface area contributed by atoms with E-state index < -0.39 is 0 Å². The van der Waals surface area contributed by atoms with Crippen molar-refractivity contribution >= 4 is 11.3 Å². The van der Waals surface area contributed by atoms with Gasteiger partial charge in [-0.15, -0.1) is 0 Å². The predicted molar refractivity (Wildman–Crippen MR) is 84.3 cm³/mol. The number of rotatable bonds is 6. The third-order valence-electron chi connectivity index (χ3n) is 4.29. The fourth-order valence-corrected chi connectivity index (χ4v) is 3.76. The first-order chi connectivity index (χ1) is 9.85. The van der Waals surface area contributed by atoms with Crippen LogP contribution >= 0.6 is 11.3 Å². The number of nitrogens with zero attached hydrogens (tertiary/aromatic N) is 2. The van der Waals surface area contributed by atoms with E-state index in [-0.39, 0.29) is 0 Å². The molecule has 0 aliphatic heterocycles. The van der Waals surface area contributed by atoms with Crippen molar-refractivity contribution in [3.63, 3.8) is 0 Å². The van der Waals surface area contributed by atoms with Crippen LogP contribution in [0.4, 0.5) is 0 Å². The van der Waals surface area contributed by atoms with Gasteiger partial charge in [-0.1, -0.05) is 12.8 Å². The maximum Gasteiger partial charge on any atom is 0.0640 e. The molecule has 3 nitrogen and oxygen atoms in total. The smallest absolute Gasteiger partial charge is 0.0640 e. The van der Waals surface area contributed by atoms with Gasteiger partial charge in [0.1, 0.15) is 0 Å². The van der Waals surface area contributed by atoms with Gasteiger partial charge in [0.05, 0.1) is 11.7 Å². The molecule has 0 amide bonds. The SMILES string of the molecule is CNC(Cc1ccsc1)Cc1ccn(C2CCCC2)n1. The summed E-state index contributed by atoms with van der Waals surface area (Å²) >= 11 is 1.77. The van der Waals surface area contributed by atoms with Gasteiger partial charge in [-0.25, -0.2) is 0 Å². The molecule has 1 atom stereocenters. The van der Waals surface area contributed by atoms with E-state index in [2.05, 4.69) is 39.1 Å². The Kier molecular flexibility index (Phi) is 4.53. The van der Waals surface area contributed by atoms with Crippen molar-refractivity contribution in [1.29, 1.82) is 0 Å². The lowest BCUT2D eigenvalue weighted by molar-refractivity contribution is 0.457. The molecule has 2 aromatic rings. The topological polar surface area (TPSA) is 29.9 Å². The van der Waals surface area contributed by atoms with Crippen LogP contribution in [0.1, 0.15) is 43.0 Å². The number of likely N-dealkylation sites (N-methyl/N-ethyl adjacent to an activating group) is 1. The van der Waals surface area contributed by atoms with Crippen molar-refractivity contribution in [3.8, 4) is 0 Å². The molecule has 0 radical (unpaired) electrons. The minimum atomic E-state index is 0.469. The second-order valence-electron chi connectivity index (χ2n) is 5.75. The van der Waals surface area contributed by atoms with Crippen LogP contribution in [0.3, 0.4) is 0 Å². The van der Waals surface area contributed by atoms with Crippen LogP contribution in [-0.2, 0) is 12.8 Å². The van der Waals surface area contributed by atoms with Crippen LogP contribution in [0, 0.1) is 0 Å². The summed E-state index contributed by atoms with van der Waals surface area (Å²) in [6.07, 6.45) is 9.57. The molecule has 4 heteroatoms. The highest BCUT2D eigenvalue weighted by molar-refractivity contribution is 7.07. The van der Waals surface area contributed by atoms with Gasteiger partial charge in [0.2, 0.25) is 0 Å². The molecule has 1 unspecified atom stereocenters. The first-order valence-corrected chi connectivity index (χ1v) is 8.52. The van der Waals surface area contributed by atoms with E-state index in [1.807, 2.05) is 7.05 Å². The summed E-state index contributed by atoms with van der Waals surface area (Å²) in [6.45, 7) is 0. The van der Waals surface area contributed by atoms with E-state index in [1.165, 1.54) is 36.9 Å². The number of aromatic nitrogens is 2. The zero-order valence-corrected chi connectivity index (χ0v) is 12.9. The minimum Gasteiger partial charge on any atom is -0.316 e. The monoisotopic (exact) mass is 289 g/mol. The highest BCUT2D eigenvalue weighted by Gasteiger charge is 2.18. The number of hydrogen-bond donors (Lipinski definition) is 1. The van der Waals surface area contributed by atoms with Gasteiger partial charge in [-0.05, 0) is 54.8 Å². The molecule has 108 valence electrons. The second-order valence-corrected chi connectivity index (χ2v) is 6.53. The molecule has 2 aromatic heterocycles. The molecule has 3 rings (SSSR count). The van der Waals surface area contributed by atoms with Crippen molar-refractivity contribution < 1.29 is 0 Å². The maximum atomic E-state index is 4.79. The van der Waals surface area contributed by atoms with Crippen LogP contribution in [0.5, 0.6) is 0 Å². The van der Waals surface area contributed by atoms with E-state index in [9.17, 15) is 0 Å². The van der Waals surface area contributed by atoms with Crippen molar-refractivity contribution in [2.24, 2.45) is 0 Å². The number of hydrogen-bond acceptors (Lipinski definition) is 3. The Morgan fingerprint density at radius 1 is 1.35 bits per heavy atom. The standard InChI is InChI=1S/C16H23N3S/c1-17-15(10-13-7-9-20-12-13)11-14-6-8-19(18-14)16-4-2-3-5-16/h6-9,12,15-17H,2-5,10-11H2,1H3. The Balaban J connectivity index is 1.60. The summed E-state index contributed by atoms with van der Waals surface area (Å²) < 4.78 is 2.19. The summed E-state index contributed by atoms with van der Waals surface area (Å²) in [5, 5.41) is 12.6. The Hall–Kier alpha value is -1.13. The Labute approximate surface area is 125 Å². The quantitative estimate of drug-likeness (QED) is 0.883. The average molecular weight is 289 g/mol. The highest BCUT2D eigenvalue weighted by atomic mass is 32.1. The largest absolute Gasteiger partial charge is 0.316 e.